The molecule has 17 heavy (non-hydrogen) atoms. The highest BCUT2D eigenvalue weighted by Gasteiger charge is 2.45. The van der Waals surface area contributed by atoms with E-state index in [9.17, 15) is 0 Å². The first-order chi connectivity index (χ1) is 8.42. The SMILES string of the molecule is c1ccc(C2(C3CCCCC3)COCO2)cc1. The molecule has 0 bridgehead atoms. The fourth-order valence-electron chi connectivity index (χ4n) is 3.31. The Morgan fingerprint density at radius 2 is 1.76 bits per heavy atom. The molecule has 0 amide bonds. The van der Waals surface area contributed by atoms with Crippen molar-refractivity contribution < 1.29 is 9.47 Å². The quantitative estimate of drug-likeness (QED) is 0.777. The maximum absolute atomic E-state index is 6.04. The normalized spacial score (nSPS) is 30.6. The average molecular weight is 232 g/mol. The van der Waals surface area contributed by atoms with Crippen LogP contribution in [0.5, 0.6) is 0 Å². The zero-order chi connectivity index (χ0) is 11.6. The van der Waals surface area contributed by atoms with E-state index in [2.05, 4.69) is 30.3 Å². The summed E-state index contributed by atoms with van der Waals surface area (Å²) >= 11 is 0. The van der Waals surface area contributed by atoms with Gasteiger partial charge in [0, 0.05) is 0 Å². The maximum Gasteiger partial charge on any atom is 0.148 e. The van der Waals surface area contributed by atoms with Gasteiger partial charge in [0.05, 0.1) is 6.61 Å². The fraction of sp³-hybridized carbons (Fsp3) is 0.600. The Morgan fingerprint density at radius 3 is 2.41 bits per heavy atom. The zero-order valence-corrected chi connectivity index (χ0v) is 10.2. The molecule has 2 fully saturated rings. The molecule has 1 aliphatic heterocycles. The van der Waals surface area contributed by atoms with E-state index in [1.807, 2.05) is 0 Å². The summed E-state index contributed by atoms with van der Waals surface area (Å²) in [5.74, 6) is 0.626. The van der Waals surface area contributed by atoms with Crippen LogP contribution in [0.25, 0.3) is 0 Å². The highest BCUT2D eigenvalue weighted by Crippen LogP contribution is 2.44. The van der Waals surface area contributed by atoms with Gasteiger partial charge >= 0.3 is 0 Å². The van der Waals surface area contributed by atoms with Crippen LogP contribution in [-0.4, -0.2) is 13.4 Å². The second-order valence-electron chi connectivity index (χ2n) is 5.20. The molecule has 0 radical (unpaired) electrons. The minimum atomic E-state index is -0.165. The minimum Gasteiger partial charge on any atom is -0.352 e. The molecule has 0 N–H and O–H groups in total. The number of rotatable bonds is 2. The standard InChI is InChI=1S/C15H20O2/c1-3-7-13(8-4-1)15(11-16-12-17-15)14-9-5-2-6-10-14/h1,3-4,7-8,14H,2,5-6,9-12H2. The zero-order valence-electron chi connectivity index (χ0n) is 10.2. The highest BCUT2D eigenvalue weighted by atomic mass is 16.7. The summed E-state index contributed by atoms with van der Waals surface area (Å²) in [6.45, 7) is 1.17. The average Bonchev–Trinajstić information content (AvgIpc) is 2.91. The van der Waals surface area contributed by atoms with Crippen molar-refractivity contribution in [2.24, 2.45) is 5.92 Å². The molecule has 92 valence electrons. The molecule has 1 aromatic carbocycles. The smallest absolute Gasteiger partial charge is 0.148 e. The van der Waals surface area contributed by atoms with Gasteiger partial charge in [-0.2, -0.15) is 0 Å². The van der Waals surface area contributed by atoms with Gasteiger partial charge in [0.2, 0.25) is 0 Å². The van der Waals surface area contributed by atoms with Crippen LogP contribution in [-0.2, 0) is 15.1 Å². The molecule has 3 rings (SSSR count). The molecule has 0 spiro atoms. The Kier molecular flexibility index (Phi) is 3.17. The minimum absolute atomic E-state index is 0.165. The molecule has 1 unspecified atom stereocenters. The molecule has 0 aromatic heterocycles. The number of ether oxygens (including phenoxy) is 2. The molecule has 1 saturated heterocycles. The van der Waals surface area contributed by atoms with Crippen molar-refractivity contribution in [3.8, 4) is 0 Å². The van der Waals surface area contributed by atoms with Crippen LogP contribution in [0, 0.1) is 5.92 Å². The molecule has 2 nitrogen and oxygen atoms in total. The van der Waals surface area contributed by atoms with Gasteiger partial charge < -0.3 is 9.47 Å². The summed E-state index contributed by atoms with van der Waals surface area (Å²) in [7, 11) is 0. The van der Waals surface area contributed by atoms with Crippen LogP contribution >= 0.6 is 0 Å². The van der Waals surface area contributed by atoms with Crippen molar-refractivity contribution in [3.63, 3.8) is 0 Å². The predicted molar refractivity (Wildman–Crippen MR) is 66.6 cm³/mol. The second-order valence-corrected chi connectivity index (χ2v) is 5.20. The third-order valence-electron chi connectivity index (χ3n) is 4.24. The van der Waals surface area contributed by atoms with Crippen LogP contribution in [0.2, 0.25) is 0 Å². The second kappa shape index (κ2) is 4.79. The summed E-state index contributed by atoms with van der Waals surface area (Å²) in [5.41, 5.74) is 1.13. The molecule has 1 aliphatic carbocycles. The van der Waals surface area contributed by atoms with Gasteiger partial charge in [-0.05, 0) is 24.3 Å². The summed E-state index contributed by atoms with van der Waals surface area (Å²) < 4.78 is 11.6. The van der Waals surface area contributed by atoms with Gasteiger partial charge in [-0.25, -0.2) is 0 Å². The lowest BCUT2D eigenvalue weighted by Gasteiger charge is -2.38. The molecule has 2 aliphatic rings. The Labute approximate surface area is 103 Å². The van der Waals surface area contributed by atoms with Gasteiger partial charge in [0.1, 0.15) is 12.4 Å². The van der Waals surface area contributed by atoms with Gasteiger partial charge in [0.25, 0.3) is 0 Å². The molecule has 1 atom stereocenters. The van der Waals surface area contributed by atoms with E-state index in [1.54, 1.807) is 0 Å². The summed E-state index contributed by atoms with van der Waals surface area (Å²) in [4.78, 5) is 0. The van der Waals surface area contributed by atoms with Crippen molar-refractivity contribution in [1.29, 1.82) is 0 Å². The third kappa shape index (κ3) is 2.00. The number of hydrogen-bond donors (Lipinski definition) is 0. The van der Waals surface area contributed by atoms with Crippen LogP contribution < -0.4 is 0 Å². The fourth-order valence-corrected chi connectivity index (χ4v) is 3.31. The summed E-state index contributed by atoms with van der Waals surface area (Å²) in [6.07, 6.45) is 6.60. The number of hydrogen-bond acceptors (Lipinski definition) is 2. The Hall–Kier alpha value is -0.860. The van der Waals surface area contributed by atoms with E-state index in [0.29, 0.717) is 12.7 Å². The third-order valence-corrected chi connectivity index (χ3v) is 4.24. The summed E-state index contributed by atoms with van der Waals surface area (Å²) in [6, 6.07) is 10.6. The van der Waals surface area contributed by atoms with Crippen molar-refractivity contribution >= 4 is 0 Å². The van der Waals surface area contributed by atoms with Crippen molar-refractivity contribution in [3.05, 3.63) is 35.9 Å². The highest BCUT2D eigenvalue weighted by molar-refractivity contribution is 5.24. The maximum atomic E-state index is 6.04. The molecule has 1 heterocycles. The van der Waals surface area contributed by atoms with Crippen LogP contribution in [0.15, 0.2) is 30.3 Å². The van der Waals surface area contributed by atoms with Crippen molar-refractivity contribution in [2.75, 3.05) is 13.4 Å². The van der Waals surface area contributed by atoms with E-state index in [0.717, 1.165) is 6.61 Å². The van der Waals surface area contributed by atoms with E-state index in [-0.39, 0.29) is 5.60 Å². The van der Waals surface area contributed by atoms with Gasteiger partial charge in [-0.3, -0.25) is 0 Å². The Morgan fingerprint density at radius 1 is 1.00 bits per heavy atom. The Balaban J connectivity index is 1.92. The molecular formula is C15H20O2. The number of benzene rings is 1. The lowest BCUT2D eigenvalue weighted by molar-refractivity contribution is -0.0602. The van der Waals surface area contributed by atoms with E-state index in [4.69, 9.17) is 9.47 Å². The van der Waals surface area contributed by atoms with Crippen LogP contribution in [0.3, 0.4) is 0 Å². The molecule has 1 saturated carbocycles. The monoisotopic (exact) mass is 232 g/mol. The Bertz CT molecular complexity index is 348. The molecule has 2 heteroatoms. The van der Waals surface area contributed by atoms with Gasteiger partial charge in [0.15, 0.2) is 0 Å². The topological polar surface area (TPSA) is 18.5 Å². The lowest BCUT2D eigenvalue weighted by Crippen LogP contribution is -2.38. The lowest BCUT2D eigenvalue weighted by atomic mass is 9.74. The van der Waals surface area contributed by atoms with E-state index >= 15 is 0 Å². The largest absolute Gasteiger partial charge is 0.352 e. The van der Waals surface area contributed by atoms with Crippen molar-refractivity contribution in [2.45, 2.75) is 37.7 Å². The predicted octanol–water partition coefficient (Wildman–Crippen LogP) is 3.47. The van der Waals surface area contributed by atoms with Gasteiger partial charge in [-0.15, -0.1) is 0 Å². The molecule has 1 aromatic rings. The first-order valence-electron chi connectivity index (χ1n) is 6.69. The first-order valence-corrected chi connectivity index (χ1v) is 6.69. The van der Waals surface area contributed by atoms with E-state index < -0.39 is 0 Å². The van der Waals surface area contributed by atoms with Crippen LogP contribution in [0.4, 0.5) is 0 Å². The molecular weight excluding hydrogens is 212 g/mol. The summed E-state index contributed by atoms with van der Waals surface area (Å²) in [5, 5.41) is 0. The van der Waals surface area contributed by atoms with Crippen molar-refractivity contribution in [1.82, 2.24) is 0 Å². The van der Waals surface area contributed by atoms with E-state index in [1.165, 1.54) is 37.7 Å². The first kappa shape index (κ1) is 11.2. The van der Waals surface area contributed by atoms with Gasteiger partial charge in [-0.1, -0.05) is 49.6 Å². The van der Waals surface area contributed by atoms with Crippen LogP contribution in [0.1, 0.15) is 37.7 Å².